The molecule has 1 aliphatic rings. The number of hydrogen-bond acceptors (Lipinski definition) is 4. The Kier molecular flexibility index (Phi) is 7.13. The molecule has 5 nitrogen and oxygen atoms in total. The smallest absolute Gasteiger partial charge is 0.265 e. The van der Waals surface area contributed by atoms with Crippen LogP contribution >= 0.6 is 12.2 Å². The largest absolute Gasteiger partial charge is 0.465 e. The van der Waals surface area contributed by atoms with Crippen molar-refractivity contribution in [1.82, 2.24) is 9.80 Å². The molecule has 134 valence electrons. The first-order chi connectivity index (χ1) is 12.1. The van der Waals surface area contributed by atoms with E-state index in [9.17, 15) is 9.59 Å². The van der Waals surface area contributed by atoms with Crippen molar-refractivity contribution >= 4 is 35.2 Å². The number of carbonyl (C=O) groups is 2. The molecule has 0 unspecified atom stereocenters. The highest BCUT2D eigenvalue weighted by atomic mass is 32.1. The van der Waals surface area contributed by atoms with E-state index in [4.69, 9.17) is 16.6 Å². The molecule has 0 aliphatic carbocycles. The van der Waals surface area contributed by atoms with Crippen molar-refractivity contribution in [2.24, 2.45) is 0 Å². The Bertz CT molecular complexity index is 645. The molecule has 0 saturated carbocycles. The highest BCUT2D eigenvalue weighted by molar-refractivity contribution is 7.80. The highest BCUT2D eigenvalue weighted by Gasteiger charge is 2.38. The zero-order chi connectivity index (χ0) is 18.2. The van der Waals surface area contributed by atoms with Crippen LogP contribution in [0.5, 0.6) is 0 Å². The molecule has 2 rings (SSSR count). The van der Waals surface area contributed by atoms with Gasteiger partial charge >= 0.3 is 0 Å². The summed E-state index contributed by atoms with van der Waals surface area (Å²) in [5.41, 5.74) is 0.142. The second-order valence-corrected chi connectivity index (χ2v) is 6.22. The number of furan rings is 1. The Hall–Kier alpha value is -2.21. The number of hydrogen-bond donors (Lipinski definition) is 0. The minimum atomic E-state index is -0.319. The Morgan fingerprint density at radius 2 is 1.68 bits per heavy atom. The van der Waals surface area contributed by atoms with Crippen LogP contribution in [0.25, 0.3) is 6.08 Å². The maximum atomic E-state index is 12.7. The predicted octanol–water partition coefficient (Wildman–Crippen LogP) is 3.78. The van der Waals surface area contributed by atoms with E-state index in [1.807, 2.05) is 0 Å². The molecule has 0 atom stereocenters. The summed E-state index contributed by atoms with van der Waals surface area (Å²) in [6, 6.07) is 3.58. The van der Waals surface area contributed by atoms with Crippen LogP contribution in [0, 0.1) is 0 Å². The lowest BCUT2D eigenvalue weighted by Crippen LogP contribution is -2.56. The molecule has 0 spiro atoms. The van der Waals surface area contributed by atoms with Crippen LogP contribution in [-0.2, 0) is 9.59 Å². The van der Waals surface area contributed by atoms with E-state index in [-0.39, 0.29) is 17.4 Å². The van der Waals surface area contributed by atoms with E-state index in [0.717, 1.165) is 25.7 Å². The standard InChI is InChI=1S/C19H24N2O3S/c1-3-5-12-20-17(22)16(11-7-9-15-10-8-14-24-15)18(23)21(19(20)25)13-6-4-2/h7-11,14H,3-6,12-13H2,1-2H3/b9-7+. The van der Waals surface area contributed by atoms with Gasteiger partial charge in [-0.2, -0.15) is 0 Å². The summed E-state index contributed by atoms with van der Waals surface area (Å²) in [6.07, 6.45) is 10.1. The van der Waals surface area contributed by atoms with E-state index in [1.54, 1.807) is 46.4 Å². The molecule has 2 heterocycles. The van der Waals surface area contributed by atoms with Gasteiger partial charge in [0.25, 0.3) is 11.8 Å². The van der Waals surface area contributed by atoms with Crippen LogP contribution in [0.4, 0.5) is 0 Å². The summed E-state index contributed by atoms with van der Waals surface area (Å²) in [4.78, 5) is 28.5. The molecule has 1 aromatic heterocycles. The Balaban J connectivity index is 2.26. The quantitative estimate of drug-likeness (QED) is 0.402. The molecule has 0 aromatic carbocycles. The van der Waals surface area contributed by atoms with Crippen molar-refractivity contribution in [3.05, 3.63) is 41.9 Å². The molecule has 0 bridgehead atoms. The van der Waals surface area contributed by atoms with Crippen molar-refractivity contribution in [1.29, 1.82) is 0 Å². The monoisotopic (exact) mass is 360 g/mol. The highest BCUT2D eigenvalue weighted by Crippen LogP contribution is 2.19. The van der Waals surface area contributed by atoms with Crippen LogP contribution < -0.4 is 0 Å². The Morgan fingerprint density at radius 3 is 2.16 bits per heavy atom. The average molecular weight is 360 g/mol. The molecule has 6 heteroatoms. The molecule has 2 amide bonds. The van der Waals surface area contributed by atoms with Gasteiger partial charge in [0.05, 0.1) is 6.26 Å². The van der Waals surface area contributed by atoms with Crippen LogP contribution in [0.1, 0.15) is 45.3 Å². The molecule has 0 N–H and O–H groups in total. The molecular weight excluding hydrogens is 336 g/mol. The molecule has 1 fully saturated rings. The van der Waals surface area contributed by atoms with E-state index in [0.29, 0.717) is 24.0 Å². The molecule has 1 aliphatic heterocycles. The number of carbonyl (C=O) groups excluding carboxylic acids is 2. The number of nitrogens with zero attached hydrogens (tertiary/aromatic N) is 2. The van der Waals surface area contributed by atoms with Crippen LogP contribution in [0.15, 0.2) is 40.5 Å². The molecule has 1 saturated heterocycles. The fourth-order valence-corrected chi connectivity index (χ4v) is 2.84. The third-order valence-corrected chi connectivity index (χ3v) is 4.39. The summed E-state index contributed by atoms with van der Waals surface area (Å²) < 4.78 is 5.21. The number of rotatable bonds is 8. The first-order valence-corrected chi connectivity index (χ1v) is 9.10. The molecule has 1 aromatic rings. The first kappa shape index (κ1) is 19.1. The van der Waals surface area contributed by atoms with Crippen LogP contribution in [-0.4, -0.2) is 39.8 Å². The number of unbranched alkanes of at least 4 members (excludes halogenated alkanes) is 2. The normalized spacial score (nSPS) is 15.6. The van der Waals surface area contributed by atoms with E-state index < -0.39 is 0 Å². The molecule has 0 radical (unpaired) electrons. The van der Waals surface area contributed by atoms with Gasteiger partial charge in [-0.05, 0) is 49.3 Å². The lowest BCUT2D eigenvalue weighted by molar-refractivity contribution is -0.133. The Morgan fingerprint density at radius 1 is 1.08 bits per heavy atom. The van der Waals surface area contributed by atoms with Crippen LogP contribution in [0.2, 0.25) is 0 Å². The maximum Gasteiger partial charge on any atom is 0.265 e. The van der Waals surface area contributed by atoms with Gasteiger partial charge in [0, 0.05) is 13.1 Å². The summed E-state index contributed by atoms with van der Waals surface area (Å²) in [6.45, 7) is 5.17. The minimum absolute atomic E-state index is 0.142. The van der Waals surface area contributed by atoms with Gasteiger partial charge in [-0.1, -0.05) is 32.8 Å². The number of amides is 2. The van der Waals surface area contributed by atoms with Gasteiger partial charge in [-0.15, -0.1) is 0 Å². The lowest BCUT2D eigenvalue weighted by atomic mass is 10.1. The maximum absolute atomic E-state index is 12.7. The van der Waals surface area contributed by atoms with Gasteiger partial charge in [-0.3, -0.25) is 19.4 Å². The zero-order valence-electron chi connectivity index (χ0n) is 14.7. The summed E-state index contributed by atoms with van der Waals surface area (Å²) in [5, 5.41) is 0.323. The van der Waals surface area contributed by atoms with E-state index in [2.05, 4.69) is 13.8 Å². The van der Waals surface area contributed by atoms with Gasteiger partial charge in [0.2, 0.25) is 0 Å². The van der Waals surface area contributed by atoms with Crippen molar-refractivity contribution < 1.29 is 14.0 Å². The summed E-state index contributed by atoms with van der Waals surface area (Å²) in [7, 11) is 0. The SMILES string of the molecule is CCCCN1C(=O)C(=C/C=C/c2ccco2)C(=O)N(CCCC)C1=S. The zero-order valence-corrected chi connectivity index (χ0v) is 15.6. The average Bonchev–Trinajstić information content (AvgIpc) is 3.11. The molecular formula is C19H24N2O3S. The second-order valence-electron chi connectivity index (χ2n) is 5.86. The fourth-order valence-electron chi connectivity index (χ4n) is 2.50. The van der Waals surface area contributed by atoms with Crippen LogP contribution in [0.3, 0.4) is 0 Å². The van der Waals surface area contributed by atoms with Gasteiger partial charge in [0.1, 0.15) is 11.3 Å². The van der Waals surface area contributed by atoms with Gasteiger partial charge in [-0.25, -0.2) is 0 Å². The van der Waals surface area contributed by atoms with E-state index in [1.165, 1.54) is 0 Å². The van der Waals surface area contributed by atoms with Crippen molar-refractivity contribution in [2.45, 2.75) is 39.5 Å². The Labute approximate surface area is 154 Å². The summed E-state index contributed by atoms with van der Waals surface area (Å²) >= 11 is 5.41. The topological polar surface area (TPSA) is 53.8 Å². The van der Waals surface area contributed by atoms with Gasteiger partial charge in [0.15, 0.2) is 5.11 Å². The van der Waals surface area contributed by atoms with Gasteiger partial charge < -0.3 is 4.42 Å². The fraction of sp³-hybridized carbons (Fsp3) is 0.421. The number of thiocarbonyl (C=S) groups is 1. The lowest BCUT2D eigenvalue weighted by Gasteiger charge is -2.36. The molecule has 25 heavy (non-hydrogen) atoms. The first-order valence-electron chi connectivity index (χ1n) is 8.69. The predicted molar refractivity (Wildman–Crippen MR) is 102 cm³/mol. The third kappa shape index (κ3) is 4.66. The van der Waals surface area contributed by atoms with Crippen molar-refractivity contribution in [3.63, 3.8) is 0 Å². The minimum Gasteiger partial charge on any atom is -0.465 e. The van der Waals surface area contributed by atoms with E-state index >= 15 is 0 Å². The number of allylic oxidation sites excluding steroid dienone is 2. The summed E-state index contributed by atoms with van der Waals surface area (Å²) in [5.74, 6) is 0.0225. The third-order valence-electron chi connectivity index (χ3n) is 3.95. The second kappa shape index (κ2) is 9.32. The van der Waals surface area contributed by atoms with Crippen molar-refractivity contribution in [2.75, 3.05) is 13.1 Å². The van der Waals surface area contributed by atoms with Crippen molar-refractivity contribution in [3.8, 4) is 0 Å².